The lowest BCUT2D eigenvalue weighted by Crippen LogP contribution is -2.38. The highest BCUT2D eigenvalue weighted by Gasteiger charge is 2.47. The van der Waals surface area contributed by atoms with E-state index in [4.69, 9.17) is 9.84 Å². The number of carbonyl (C=O) groups excluding carboxylic acids is 2. The molecule has 1 saturated carbocycles. The molecule has 2 fully saturated rings. The van der Waals surface area contributed by atoms with Gasteiger partial charge >= 0.3 is 11.9 Å². The molecular weight excluding hydrogens is 454 g/mol. The number of nitrogens with one attached hydrogen (secondary N) is 1. The van der Waals surface area contributed by atoms with E-state index in [1.54, 1.807) is 25.1 Å². The highest BCUT2D eigenvalue weighted by molar-refractivity contribution is 8.01. The van der Waals surface area contributed by atoms with Gasteiger partial charge in [0.05, 0.1) is 28.9 Å². The van der Waals surface area contributed by atoms with Crippen LogP contribution in [0.15, 0.2) is 36.4 Å². The molecule has 3 unspecified atom stereocenters. The molecule has 34 heavy (non-hydrogen) atoms. The number of carboxylic acid groups (broad SMARTS) is 1. The topological polar surface area (TPSA) is 120 Å². The van der Waals surface area contributed by atoms with E-state index in [9.17, 15) is 19.6 Å². The van der Waals surface area contributed by atoms with E-state index >= 15 is 0 Å². The van der Waals surface area contributed by atoms with Crippen LogP contribution in [-0.4, -0.2) is 57.7 Å². The maximum Gasteiger partial charge on any atom is 0.335 e. The third kappa shape index (κ3) is 5.28. The molecule has 1 heterocycles. The van der Waals surface area contributed by atoms with Gasteiger partial charge in [0.2, 0.25) is 5.91 Å². The first-order valence-electron chi connectivity index (χ1n) is 11.5. The molecule has 1 aliphatic carbocycles. The minimum Gasteiger partial charge on any atom is -0.478 e. The quantitative estimate of drug-likeness (QED) is 0.491. The van der Waals surface area contributed by atoms with Gasteiger partial charge in [-0.05, 0) is 61.2 Å². The van der Waals surface area contributed by atoms with Gasteiger partial charge in [-0.15, -0.1) is 11.8 Å². The van der Waals surface area contributed by atoms with E-state index in [0.29, 0.717) is 13.0 Å². The number of nitrogens with zero attached hydrogens (tertiary/aromatic N) is 2. The summed E-state index contributed by atoms with van der Waals surface area (Å²) in [5.41, 5.74) is 1.15. The number of anilines is 1. The number of benzene rings is 2. The zero-order valence-electron chi connectivity index (χ0n) is 18.9. The Labute approximate surface area is 202 Å². The van der Waals surface area contributed by atoms with E-state index in [1.807, 2.05) is 29.2 Å². The van der Waals surface area contributed by atoms with Gasteiger partial charge < -0.3 is 20.1 Å². The Morgan fingerprint density at radius 3 is 2.68 bits per heavy atom. The number of nitriles is 1. The number of amides is 1. The van der Waals surface area contributed by atoms with E-state index in [0.717, 1.165) is 29.3 Å². The highest BCUT2D eigenvalue weighted by Crippen LogP contribution is 2.43. The highest BCUT2D eigenvalue weighted by atomic mass is 32.2. The molecule has 1 amide bonds. The van der Waals surface area contributed by atoms with Crippen molar-refractivity contribution in [3.63, 3.8) is 0 Å². The molecule has 1 aliphatic heterocycles. The van der Waals surface area contributed by atoms with Crippen LogP contribution in [0.3, 0.4) is 0 Å². The molecule has 0 aromatic heterocycles. The molecule has 178 valence electrons. The molecule has 8 nitrogen and oxygen atoms in total. The Morgan fingerprint density at radius 1 is 1.26 bits per heavy atom. The molecular formula is C25H27N3O5S. The van der Waals surface area contributed by atoms with Crippen LogP contribution >= 0.6 is 11.8 Å². The van der Waals surface area contributed by atoms with E-state index in [-0.39, 0.29) is 41.2 Å². The zero-order chi connectivity index (χ0) is 24.2. The molecule has 4 rings (SSSR count). The van der Waals surface area contributed by atoms with Crippen molar-refractivity contribution in [3.05, 3.63) is 42.0 Å². The van der Waals surface area contributed by atoms with Crippen LogP contribution in [0.25, 0.3) is 10.8 Å². The SMILES string of the molecule is CCOC(=O)C(C#N)CC1SC(CCNc2ccc3cc(C(=O)O)ccc3c2)C(=O)N1C1CC1. The van der Waals surface area contributed by atoms with Crippen LogP contribution in [0.4, 0.5) is 5.69 Å². The Hall–Kier alpha value is -3.25. The van der Waals surface area contributed by atoms with Gasteiger partial charge in [-0.1, -0.05) is 12.1 Å². The average molecular weight is 482 g/mol. The summed E-state index contributed by atoms with van der Waals surface area (Å²) in [7, 11) is 0. The second-order valence-corrected chi connectivity index (χ2v) is 9.91. The summed E-state index contributed by atoms with van der Waals surface area (Å²) >= 11 is 1.54. The Kier molecular flexibility index (Phi) is 7.27. The minimum absolute atomic E-state index is 0.0829. The molecule has 2 aromatic carbocycles. The maximum absolute atomic E-state index is 13.1. The number of carboxylic acids is 1. The van der Waals surface area contributed by atoms with Gasteiger partial charge in [-0.2, -0.15) is 5.26 Å². The van der Waals surface area contributed by atoms with Crippen LogP contribution < -0.4 is 5.32 Å². The number of aromatic carboxylic acids is 1. The fourth-order valence-electron chi connectivity index (χ4n) is 4.23. The Balaban J connectivity index is 1.36. The van der Waals surface area contributed by atoms with Gasteiger partial charge in [-0.25, -0.2) is 4.79 Å². The molecule has 2 aliphatic rings. The normalized spacial score (nSPS) is 20.7. The monoisotopic (exact) mass is 481 g/mol. The van der Waals surface area contributed by atoms with Crippen LogP contribution in [0.2, 0.25) is 0 Å². The second-order valence-electron chi connectivity index (χ2n) is 8.52. The number of esters is 1. The van der Waals surface area contributed by atoms with Gasteiger partial charge in [-0.3, -0.25) is 9.59 Å². The van der Waals surface area contributed by atoms with Crippen molar-refractivity contribution in [2.45, 2.75) is 49.3 Å². The number of fused-ring (bicyclic) bond motifs is 1. The summed E-state index contributed by atoms with van der Waals surface area (Å²) in [6.45, 7) is 2.53. The molecule has 1 saturated heterocycles. The summed E-state index contributed by atoms with van der Waals surface area (Å²) in [6, 6.07) is 13.0. The fourth-order valence-corrected chi connectivity index (χ4v) is 5.81. The lowest BCUT2D eigenvalue weighted by molar-refractivity contribution is -0.146. The summed E-state index contributed by atoms with van der Waals surface area (Å²) in [6.07, 6.45) is 2.83. The third-order valence-corrected chi connectivity index (χ3v) is 7.59. The smallest absolute Gasteiger partial charge is 0.335 e. The van der Waals surface area contributed by atoms with Gasteiger partial charge in [0.1, 0.15) is 5.92 Å². The summed E-state index contributed by atoms with van der Waals surface area (Å²) in [5, 5.41) is 23.3. The summed E-state index contributed by atoms with van der Waals surface area (Å²) < 4.78 is 5.02. The maximum atomic E-state index is 13.1. The lowest BCUT2D eigenvalue weighted by Gasteiger charge is -2.24. The Morgan fingerprint density at radius 2 is 2.00 bits per heavy atom. The lowest BCUT2D eigenvalue weighted by atomic mass is 10.1. The van der Waals surface area contributed by atoms with Gasteiger partial charge in [0.25, 0.3) is 0 Å². The largest absolute Gasteiger partial charge is 0.478 e. The minimum atomic E-state index is -0.954. The van der Waals surface area contributed by atoms with Gasteiger partial charge in [0, 0.05) is 24.7 Å². The number of hydrogen-bond donors (Lipinski definition) is 2. The molecule has 0 bridgehead atoms. The number of hydrogen-bond acceptors (Lipinski definition) is 7. The Bertz CT molecular complexity index is 1140. The number of ether oxygens (including phenoxy) is 1. The van der Waals surface area contributed by atoms with Crippen LogP contribution in [-0.2, 0) is 14.3 Å². The molecule has 0 radical (unpaired) electrons. The molecule has 2 aromatic rings. The number of carbonyl (C=O) groups is 3. The zero-order valence-corrected chi connectivity index (χ0v) is 19.7. The van der Waals surface area contributed by atoms with Crippen molar-refractivity contribution in [2.24, 2.45) is 5.92 Å². The number of rotatable bonds is 10. The predicted molar refractivity (Wildman–Crippen MR) is 129 cm³/mol. The molecule has 3 atom stereocenters. The van der Waals surface area contributed by atoms with Crippen molar-refractivity contribution < 1.29 is 24.2 Å². The molecule has 2 N–H and O–H groups in total. The van der Waals surface area contributed by atoms with E-state index < -0.39 is 17.9 Å². The van der Waals surface area contributed by atoms with Crippen molar-refractivity contribution in [3.8, 4) is 6.07 Å². The van der Waals surface area contributed by atoms with E-state index in [2.05, 4.69) is 5.32 Å². The molecule has 0 spiro atoms. The first-order chi connectivity index (χ1) is 16.4. The van der Waals surface area contributed by atoms with Gasteiger partial charge in [0.15, 0.2) is 0 Å². The average Bonchev–Trinajstić information content (AvgIpc) is 3.61. The first-order valence-corrected chi connectivity index (χ1v) is 12.4. The van der Waals surface area contributed by atoms with Crippen LogP contribution in [0.1, 0.15) is 43.0 Å². The first kappa shape index (κ1) is 23.9. The second kappa shape index (κ2) is 10.3. The predicted octanol–water partition coefficient (Wildman–Crippen LogP) is 3.87. The van der Waals surface area contributed by atoms with Crippen LogP contribution in [0.5, 0.6) is 0 Å². The summed E-state index contributed by atoms with van der Waals surface area (Å²) in [4.78, 5) is 38.2. The van der Waals surface area contributed by atoms with Crippen LogP contribution in [0, 0.1) is 17.2 Å². The fraction of sp³-hybridized carbons (Fsp3) is 0.440. The van der Waals surface area contributed by atoms with E-state index in [1.165, 1.54) is 11.8 Å². The number of thioether (sulfide) groups is 1. The van der Waals surface area contributed by atoms with Crippen molar-refractivity contribution in [2.75, 3.05) is 18.5 Å². The standard InChI is InChI=1S/C25H27N3O5S/c1-2-33-25(32)18(14-26)13-22-28(20-7-8-20)23(29)21(34-22)9-10-27-19-6-5-15-11-17(24(30)31)4-3-16(15)12-19/h3-6,11-12,18,20-22,27H,2,7-10,13H2,1H3,(H,30,31). The third-order valence-electron chi connectivity index (χ3n) is 6.09. The van der Waals surface area contributed by atoms with Crippen molar-refractivity contribution >= 4 is 46.1 Å². The molecule has 9 heteroatoms. The van der Waals surface area contributed by atoms with Crippen molar-refractivity contribution in [1.82, 2.24) is 4.90 Å². The van der Waals surface area contributed by atoms with Crippen molar-refractivity contribution in [1.29, 1.82) is 5.26 Å². The summed E-state index contributed by atoms with van der Waals surface area (Å²) in [5.74, 6) is -2.27.